The Kier molecular flexibility index (Phi) is 4.43. The summed E-state index contributed by atoms with van der Waals surface area (Å²) in [5, 5.41) is 3.53. The Morgan fingerprint density at radius 1 is 0.900 bits per heavy atom. The van der Waals surface area contributed by atoms with Crippen molar-refractivity contribution < 1.29 is 9.47 Å². The van der Waals surface area contributed by atoms with E-state index in [1.807, 2.05) is 30.3 Å². The lowest BCUT2D eigenvalue weighted by molar-refractivity contribution is 0.350. The molecule has 1 N–H and O–H groups in total. The number of rotatable bonds is 4. The minimum atomic E-state index is -0.102. The van der Waals surface area contributed by atoms with E-state index < -0.39 is 0 Å². The number of imidazole rings is 1. The number of allylic oxidation sites excluding steroid dienone is 1. The molecule has 1 aromatic heterocycles. The van der Waals surface area contributed by atoms with E-state index in [-0.39, 0.29) is 6.04 Å². The molecule has 1 unspecified atom stereocenters. The smallest absolute Gasteiger partial charge is 0.209 e. The summed E-state index contributed by atoms with van der Waals surface area (Å²) < 4.78 is 13.5. The molecule has 5 heteroatoms. The van der Waals surface area contributed by atoms with Crippen LogP contribution in [0, 0.1) is 6.92 Å². The second-order valence-corrected chi connectivity index (χ2v) is 7.39. The molecule has 2 heterocycles. The van der Waals surface area contributed by atoms with Crippen LogP contribution in [0.5, 0.6) is 11.5 Å². The van der Waals surface area contributed by atoms with Crippen molar-refractivity contribution in [1.29, 1.82) is 0 Å². The zero-order chi connectivity index (χ0) is 20.7. The van der Waals surface area contributed by atoms with E-state index in [1.165, 1.54) is 5.56 Å². The quantitative estimate of drug-likeness (QED) is 0.500. The number of ether oxygens (including phenoxy) is 2. The van der Waals surface area contributed by atoms with E-state index in [4.69, 9.17) is 14.5 Å². The summed E-state index contributed by atoms with van der Waals surface area (Å²) in [6.07, 6.45) is 2.23. The first-order chi connectivity index (χ1) is 14.7. The number of aromatic nitrogens is 2. The standard InChI is InChI=1S/C25H23N3O2/c1-16-11-13-17(14-12-16)20-15-22(18-7-6-10-23(29-2)24(18)30-3)28-21-9-5-4-8-19(21)26-25(28)27-20/h4-15,22H,1-3H3,(H,26,27). The molecule has 30 heavy (non-hydrogen) atoms. The summed E-state index contributed by atoms with van der Waals surface area (Å²) in [5.74, 6) is 2.25. The summed E-state index contributed by atoms with van der Waals surface area (Å²) in [6.45, 7) is 2.09. The lowest BCUT2D eigenvalue weighted by atomic mass is 9.99. The summed E-state index contributed by atoms with van der Waals surface area (Å²) in [7, 11) is 3.34. The molecule has 150 valence electrons. The van der Waals surface area contributed by atoms with Crippen LogP contribution in [0.15, 0.2) is 72.8 Å². The van der Waals surface area contributed by atoms with Gasteiger partial charge in [-0.3, -0.25) is 4.57 Å². The maximum Gasteiger partial charge on any atom is 0.209 e. The highest BCUT2D eigenvalue weighted by Gasteiger charge is 2.28. The second-order valence-electron chi connectivity index (χ2n) is 7.39. The molecule has 0 saturated heterocycles. The number of aryl methyl sites for hydroxylation is 1. The van der Waals surface area contributed by atoms with E-state index in [0.717, 1.165) is 39.6 Å². The number of hydrogen-bond acceptors (Lipinski definition) is 4. The molecule has 1 atom stereocenters. The third-order valence-corrected chi connectivity index (χ3v) is 5.56. The maximum atomic E-state index is 5.77. The van der Waals surface area contributed by atoms with Crippen molar-refractivity contribution in [2.24, 2.45) is 0 Å². The van der Waals surface area contributed by atoms with Crippen LogP contribution in [0.2, 0.25) is 0 Å². The number of fused-ring (bicyclic) bond motifs is 3. The zero-order valence-electron chi connectivity index (χ0n) is 17.2. The lowest BCUT2D eigenvalue weighted by Crippen LogP contribution is -2.19. The van der Waals surface area contributed by atoms with Gasteiger partial charge < -0.3 is 14.8 Å². The molecule has 1 aliphatic rings. The zero-order valence-corrected chi connectivity index (χ0v) is 17.2. The first-order valence-corrected chi connectivity index (χ1v) is 9.93. The van der Waals surface area contributed by atoms with Gasteiger partial charge in [-0.1, -0.05) is 54.1 Å². The molecule has 1 aliphatic heterocycles. The number of methoxy groups -OCH3 is 2. The average Bonchev–Trinajstić information content (AvgIpc) is 3.17. The molecule has 0 amide bonds. The third-order valence-electron chi connectivity index (χ3n) is 5.56. The van der Waals surface area contributed by atoms with Crippen LogP contribution in [-0.4, -0.2) is 23.8 Å². The minimum absolute atomic E-state index is 0.102. The summed E-state index contributed by atoms with van der Waals surface area (Å²) >= 11 is 0. The number of hydrogen-bond donors (Lipinski definition) is 1. The van der Waals surface area contributed by atoms with Gasteiger partial charge in [-0.05, 0) is 36.8 Å². The highest BCUT2D eigenvalue weighted by Crippen LogP contribution is 2.42. The lowest BCUT2D eigenvalue weighted by Gasteiger charge is -2.28. The van der Waals surface area contributed by atoms with E-state index in [9.17, 15) is 0 Å². The normalized spacial score (nSPS) is 15.3. The van der Waals surface area contributed by atoms with Gasteiger partial charge in [0.2, 0.25) is 5.95 Å². The summed E-state index contributed by atoms with van der Waals surface area (Å²) in [5.41, 5.74) is 6.40. The Morgan fingerprint density at radius 3 is 2.47 bits per heavy atom. The highest BCUT2D eigenvalue weighted by atomic mass is 16.5. The first kappa shape index (κ1) is 18.3. The Bertz CT molecular complexity index is 1260. The third kappa shape index (κ3) is 2.90. The van der Waals surface area contributed by atoms with E-state index in [2.05, 4.69) is 59.3 Å². The Balaban J connectivity index is 1.75. The van der Waals surface area contributed by atoms with E-state index in [0.29, 0.717) is 5.75 Å². The highest BCUT2D eigenvalue weighted by molar-refractivity contribution is 5.85. The van der Waals surface area contributed by atoms with Crippen molar-refractivity contribution in [3.63, 3.8) is 0 Å². The predicted molar refractivity (Wildman–Crippen MR) is 120 cm³/mol. The fourth-order valence-electron chi connectivity index (χ4n) is 4.08. The van der Waals surface area contributed by atoms with Gasteiger partial charge in [0, 0.05) is 11.3 Å². The van der Waals surface area contributed by atoms with Crippen molar-refractivity contribution in [1.82, 2.24) is 9.55 Å². The predicted octanol–water partition coefficient (Wildman–Crippen LogP) is 5.42. The number of nitrogens with zero attached hydrogens (tertiary/aromatic N) is 2. The molecule has 0 aliphatic carbocycles. The van der Waals surface area contributed by atoms with Crippen molar-refractivity contribution in [3.8, 4) is 11.5 Å². The van der Waals surface area contributed by atoms with Crippen LogP contribution in [0.4, 0.5) is 5.95 Å². The largest absolute Gasteiger partial charge is 0.493 e. The van der Waals surface area contributed by atoms with Crippen molar-refractivity contribution in [2.75, 3.05) is 19.5 Å². The van der Waals surface area contributed by atoms with Gasteiger partial charge in [-0.25, -0.2) is 4.98 Å². The number of benzene rings is 3. The molecular formula is C25H23N3O2. The van der Waals surface area contributed by atoms with Gasteiger partial charge in [0.25, 0.3) is 0 Å². The minimum Gasteiger partial charge on any atom is -0.493 e. The molecule has 0 fully saturated rings. The van der Waals surface area contributed by atoms with Gasteiger partial charge in [0.1, 0.15) is 0 Å². The second kappa shape index (κ2) is 7.26. The molecular weight excluding hydrogens is 374 g/mol. The molecule has 4 aromatic rings. The van der Waals surface area contributed by atoms with E-state index in [1.54, 1.807) is 14.2 Å². The number of para-hydroxylation sites is 3. The molecule has 0 saturated carbocycles. The van der Waals surface area contributed by atoms with Gasteiger partial charge >= 0.3 is 0 Å². The average molecular weight is 397 g/mol. The molecule has 5 nitrogen and oxygen atoms in total. The van der Waals surface area contributed by atoms with Gasteiger partial charge in [-0.2, -0.15) is 0 Å². The summed E-state index contributed by atoms with van der Waals surface area (Å²) in [4.78, 5) is 4.86. The molecule has 0 radical (unpaired) electrons. The topological polar surface area (TPSA) is 48.3 Å². The maximum absolute atomic E-state index is 5.77. The van der Waals surface area contributed by atoms with Gasteiger partial charge in [-0.15, -0.1) is 0 Å². The molecule has 5 rings (SSSR count). The Hall–Kier alpha value is -3.73. The molecule has 0 spiro atoms. The van der Waals surface area contributed by atoms with Crippen LogP contribution < -0.4 is 14.8 Å². The van der Waals surface area contributed by atoms with Crippen LogP contribution in [-0.2, 0) is 0 Å². The molecule has 0 bridgehead atoms. The monoisotopic (exact) mass is 397 g/mol. The van der Waals surface area contributed by atoms with Crippen molar-refractivity contribution >= 4 is 22.7 Å². The van der Waals surface area contributed by atoms with Crippen molar-refractivity contribution in [3.05, 3.63) is 89.5 Å². The van der Waals surface area contributed by atoms with E-state index >= 15 is 0 Å². The fraction of sp³-hybridized carbons (Fsp3) is 0.160. The molecule has 3 aromatic carbocycles. The fourth-order valence-corrected chi connectivity index (χ4v) is 4.08. The summed E-state index contributed by atoms with van der Waals surface area (Å²) in [6, 6.07) is 22.6. The van der Waals surface area contributed by atoms with Crippen molar-refractivity contribution in [2.45, 2.75) is 13.0 Å². The van der Waals surface area contributed by atoms with Crippen LogP contribution >= 0.6 is 0 Å². The van der Waals surface area contributed by atoms with Crippen LogP contribution in [0.25, 0.3) is 16.7 Å². The Labute approximate surface area is 175 Å². The Morgan fingerprint density at radius 2 is 1.70 bits per heavy atom. The van der Waals surface area contributed by atoms with Gasteiger partial charge in [0.15, 0.2) is 11.5 Å². The van der Waals surface area contributed by atoms with Gasteiger partial charge in [0.05, 0.1) is 31.3 Å². The van der Waals surface area contributed by atoms with Crippen LogP contribution in [0.3, 0.4) is 0 Å². The SMILES string of the molecule is COc1cccc(C2C=C(c3ccc(C)cc3)Nc3nc4ccccc4n32)c1OC. The number of nitrogens with one attached hydrogen (secondary N) is 1. The number of anilines is 1. The van der Waals surface area contributed by atoms with Crippen LogP contribution in [0.1, 0.15) is 22.7 Å². The first-order valence-electron chi connectivity index (χ1n) is 9.93.